The number of amides is 2. The molecular weight excluding hydrogens is 824 g/mol. The van der Waals surface area contributed by atoms with E-state index in [0.717, 1.165) is 72.6 Å². The molecule has 3 aromatic heterocycles. The molecule has 4 aromatic rings. The predicted octanol–water partition coefficient (Wildman–Crippen LogP) is 5.71. The number of carbonyl (C=O) groups is 4. The number of nitrogens with one attached hydrogen (secondary N) is 2. The van der Waals surface area contributed by atoms with Crippen molar-refractivity contribution in [3.8, 4) is 22.5 Å². The second-order valence-electron chi connectivity index (χ2n) is 18.9. The van der Waals surface area contributed by atoms with Gasteiger partial charge in [0.1, 0.15) is 17.9 Å². The van der Waals surface area contributed by atoms with Gasteiger partial charge >= 0.3 is 5.97 Å². The number of halogens is 1. The van der Waals surface area contributed by atoms with E-state index in [2.05, 4.69) is 45.1 Å². The second kappa shape index (κ2) is 17.3. The molecule has 6 heterocycles. The number of likely N-dealkylation sites (N-methyl/N-ethyl adjacent to an activating group) is 1. The van der Waals surface area contributed by atoms with Crippen molar-refractivity contribution >= 4 is 51.5 Å². The van der Waals surface area contributed by atoms with Crippen LogP contribution in [0.4, 0.5) is 10.1 Å². The summed E-state index contributed by atoms with van der Waals surface area (Å²) >= 11 is 1.30. The van der Waals surface area contributed by atoms with Gasteiger partial charge < -0.3 is 29.2 Å². The van der Waals surface area contributed by atoms with Crippen molar-refractivity contribution in [1.82, 2.24) is 35.2 Å². The van der Waals surface area contributed by atoms with E-state index in [1.165, 1.54) is 16.3 Å². The Labute approximate surface area is 371 Å². The fraction of sp³-hybridized carbons (Fsp3) is 0.574. The molecule has 5 aliphatic rings. The molecule has 16 heteroatoms. The molecule has 14 nitrogen and oxygen atoms in total. The Kier molecular flexibility index (Phi) is 11.9. The molecule has 0 radical (unpaired) electrons. The van der Waals surface area contributed by atoms with E-state index in [1.807, 2.05) is 33.0 Å². The number of methoxy groups -OCH3 is 1. The third kappa shape index (κ3) is 8.28. The van der Waals surface area contributed by atoms with Crippen LogP contribution < -0.4 is 15.6 Å². The van der Waals surface area contributed by atoms with Crippen LogP contribution in [0.1, 0.15) is 82.2 Å². The third-order valence-electron chi connectivity index (χ3n) is 13.9. The minimum atomic E-state index is -1.03. The molecule has 2 amide bonds. The number of esters is 1. The van der Waals surface area contributed by atoms with Crippen molar-refractivity contribution in [3.63, 3.8) is 0 Å². The maximum Gasteiger partial charge on any atom is 0.324 e. The van der Waals surface area contributed by atoms with Crippen molar-refractivity contribution in [2.45, 2.75) is 97.4 Å². The van der Waals surface area contributed by atoms with Crippen LogP contribution in [0, 0.1) is 29.0 Å². The standard InChI is InChI=1S/C47H59FN8O6S/c1-7-28-29-13-14-30-35-23-63-37(50-35)21-34(51-44(58)39-31-10-8-12-36(57)38(31)39)45(59)56-15-9-11-33(52-56)46(60)62-25-47(3,4)24-55(43(29)40(30)48)42(28)32-20-27(22-49-41(32)26(2)61-6)54-18-16-53(5)17-19-54/h13-14,20,22-23,26,31,33-34,38-39,52H,7-12,15-19,21,24-25H2,1-6H3,(H,51,58)/t26-,31+,33-,34-,38+,39-/m0/s1. The summed E-state index contributed by atoms with van der Waals surface area (Å²) in [7, 11) is 3.79. The number of aromatic nitrogens is 3. The zero-order valence-electron chi connectivity index (χ0n) is 37.2. The molecule has 0 unspecified atom stereocenters. The molecular formula is C47H59FN8O6S. The maximum absolute atomic E-state index is 17.8. The van der Waals surface area contributed by atoms with E-state index in [1.54, 1.807) is 18.6 Å². The molecule has 336 valence electrons. The van der Waals surface area contributed by atoms with Gasteiger partial charge in [0.25, 0.3) is 5.91 Å². The molecule has 2 saturated heterocycles. The molecule has 4 fully saturated rings. The molecule has 6 atom stereocenters. The van der Waals surface area contributed by atoms with Gasteiger partial charge in [0, 0.05) is 92.4 Å². The van der Waals surface area contributed by atoms with Crippen LogP contribution in [0.3, 0.4) is 0 Å². The minimum absolute atomic E-state index is 0.00115. The molecule has 2 saturated carbocycles. The first-order valence-electron chi connectivity index (χ1n) is 22.6. The minimum Gasteiger partial charge on any atom is -0.464 e. The highest BCUT2D eigenvalue weighted by atomic mass is 32.1. The predicted molar refractivity (Wildman–Crippen MR) is 238 cm³/mol. The summed E-state index contributed by atoms with van der Waals surface area (Å²) in [5, 5.41) is 7.51. The maximum atomic E-state index is 17.8. The van der Waals surface area contributed by atoms with Crippen molar-refractivity contribution in [1.29, 1.82) is 0 Å². The summed E-state index contributed by atoms with van der Waals surface area (Å²) in [5.74, 6) is -2.30. The molecule has 3 aliphatic heterocycles. The van der Waals surface area contributed by atoms with Crippen molar-refractivity contribution in [2.75, 3.05) is 58.4 Å². The number of anilines is 1. The van der Waals surface area contributed by atoms with Crippen LogP contribution in [0.25, 0.3) is 33.4 Å². The highest BCUT2D eigenvalue weighted by Gasteiger charge is 2.59. The summed E-state index contributed by atoms with van der Waals surface area (Å²) in [6, 6.07) is 4.10. The van der Waals surface area contributed by atoms with Crippen LogP contribution in [-0.2, 0) is 48.0 Å². The van der Waals surface area contributed by atoms with Gasteiger partial charge in [-0.05, 0) is 69.7 Å². The number of benzene rings is 1. The van der Waals surface area contributed by atoms with Gasteiger partial charge in [0.2, 0.25) is 5.91 Å². The lowest BCUT2D eigenvalue weighted by Gasteiger charge is -2.35. The smallest absolute Gasteiger partial charge is 0.324 e. The van der Waals surface area contributed by atoms with E-state index in [-0.39, 0.29) is 42.7 Å². The van der Waals surface area contributed by atoms with E-state index >= 15 is 4.39 Å². The fourth-order valence-electron chi connectivity index (χ4n) is 10.3. The zero-order chi connectivity index (χ0) is 44.3. The van der Waals surface area contributed by atoms with Gasteiger partial charge in [-0.3, -0.25) is 29.2 Å². The number of ether oxygens (including phenoxy) is 2. The molecule has 6 bridgehead atoms. The Morgan fingerprint density at radius 2 is 1.90 bits per heavy atom. The number of nitrogens with zero attached hydrogens (tertiary/aromatic N) is 6. The van der Waals surface area contributed by atoms with Crippen LogP contribution in [0.5, 0.6) is 0 Å². The average molecular weight is 883 g/mol. The lowest BCUT2D eigenvalue weighted by Crippen LogP contribution is -2.60. The number of fused-ring (bicyclic) bond motifs is 7. The normalized spacial score (nSPS) is 26.0. The summed E-state index contributed by atoms with van der Waals surface area (Å²) in [6.45, 7) is 12.3. The number of Topliss-reactive ketones (excluding diaryl/α,β-unsaturated/α-hetero) is 1. The summed E-state index contributed by atoms with van der Waals surface area (Å²) in [6.07, 6.45) is 5.27. The zero-order valence-corrected chi connectivity index (χ0v) is 38.0. The Morgan fingerprint density at radius 1 is 1.11 bits per heavy atom. The average Bonchev–Trinajstić information content (AvgIpc) is 3.72. The molecule has 9 rings (SSSR count). The number of rotatable bonds is 7. The van der Waals surface area contributed by atoms with Crippen molar-refractivity contribution in [2.24, 2.45) is 23.2 Å². The Bertz CT molecular complexity index is 2440. The first-order valence-corrected chi connectivity index (χ1v) is 23.5. The number of aryl methyl sites for hydroxylation is 1. The van der Waals surface area contributed by atoms with E-state index in [9.17, 15) is 19.2 Å². The highest BCUT2D eigenvalue weighted by molar-refractivity contribution is 7.10. The SMILES string of the molecule is CCc1c(-c2cc(N3CCN(C)CC3)cnc2[C@H](C)OC)n2c3c(F)c(ccc13)-c1csc(n1)C[C@H](NC(=O)[C@H]1[C@@H]3CCCC(=O)[C@@H]31)C(=O)N1CCC[C@H](N1)C(=O)OCC(C)(C)C2. The summed E-state index contributed by atoms with van der Waals surface area (Å²) in [5.41, 5.74) is 7.99. The van der Waals surface area contributed by atoms with E-state index in [0.29, 0.717) is 60.6 Å². The topological polar surface area (TPSA) is 151 Å². The number of thiazole rings is 1. The number of cyclic esters (lactones) is 1. The van der Waals surface area contributed by atoms with Gasteiger partial charge in [-0.25, -0.2) is 14.8 Å². The van der Waals surface area contributed by atoms with E-state index in [4.69, 9.17) is 19.4 Å². The molecule has 1 aromatic carbocycles. The number of piperazine rings is 1. The number of hydrazine groups is 1. The summed E-state index contributed by atoms with van der Waals surface area (Å²) < 4.78 is 31.9. The molecule has 2 N–H and O–H groups in total. The van der Waals surface area contributed by atoms with Crippen LogP contribution in [-0.4, -0.2) is 114 Å². The van der Waals surface area contributed by atoms with Crippen LogP contribution >= 0.6 is 11.3 Å². The first-order chi connectivity index (χ1) is 30.3. The van der Waals surface area contributed by atoms with Crippen LogP contribution in [0.15, 0.2) is 29.8 Å². The number of hydrogen-bond acceptors (Lipinski definition) is 12. The Hall–Kier alpha value is -4.77. The van der Waals surface area contributed by atoms with Gasteiger partial charge in [-0.15, -0.1) is 11.3 Å². The third-order valence-corrected chi connectivity index (χ3v) is 14.8. The van der Waals surface area contributed by atoms with Gasteiger partial charge in [0.15, 0.2) is 5.82 Å². The number of pyridine rings is 1. The van der Waals surface area contributed by atoms with Crippen molar-refractivity contribution < 1.29 is 33.0 Å². The number of carbonyl (C=O) groups excluding carboxylic acids is 4. The highest BCUT2D eigenvalue weighted by Crippen LogP contribution is 2.53. The van der Waals surface area contributed by atoms with E-state index < -0.39 is 41.1 Å². The Morgan fingerprint density at radius 3 is 2.65 bits per heavy atom. The van der Waals surface area contributed by atoms with Crippen LogP contribution in [0.2, 0.25) is 0 Å². The fourth-order valence-corrected chi connectivity index (χ4v) is 11.2. The molecule has 63 heavy (non-hydrogen) atoms. The number of ketones is 1. The van der Waals surface area contributed by atoms with Crippen molar-refractivity contribution in [3.05, 3.63) is 51.9 Å². The number of hydrogen-bond donors (Lipinski definition) is 2. The first kappa shape index (κ1) is 43.5. The lowest BCUT2D eigenvalue weighted by molar-refractivity contribution is -0.155. The largest absolute Gasteiger partial charge is 0.464 e. The monoisotopic (exact) mass is 882 g/mol. The summed E-state index contributed by atoms with van der Waals surface area (Å²) in [4.78, 5) is 69.3. The quantitative estimate of drug-likeness (QED) is 0.220. The Balaban J connectivity index is 1.16. The molecule has 2 aliphatic carbocycles. The van der Waals surface area contributed by atoms with Gasteiger partial charge in [-0.2, -0.15) is 0 Å². The van der Waals surface area contributed by atoms with Gasteiger partial charge in [0.05, 0.1) is 58.1 Å². The second-order valence-corrected chi connectivity index (χ2v) is 19.9. The van der Waals surface area contributed by atoms with Gasteiger partial charge in [-0.1, -0.05) is 26.8 Å². The molecule has 0 spiro atoms. The lowest BCUT2D eigenvalue weighted by atomic mass is 9.93.